The van der Waals surface area contributed by atoms with Gasteiger partial charge in [-0.3, -0.25) is 0 Å². The highest BCUT2D eigenvalue weighted by Crippen LogP contribution is 2.19. The van der Waals surface area contributed by atoms with Crippen LogP contribution in [-0.4, -0.2) is 0 Å². The van der Waals surface area contributed by atoms with Crippen molar-refractivity contribution in [3.8, 4) is 0 Å². The summed E-state index contributed by atoms with van der Waals surface area (Å²) in [5.41, 5.74) is 1.41. The van der Waals surface area contributed by atoms with Gasteiger partial charge >= 0.3 is 0 Å². The summed E-state index contributed by atoms with van der Waals surface area (Å²) < 4.78 is 1.06. The molecule has 0 saturated carbocycles. The van der Waals surface area contributed by atoms with Crippen molar-refractivity contribution in [3.05, 3.63) is 21.1 Å². The Kier molecular flexibility index (Phi) is 7.16. The lowest BCUT2D eigenvalue weighted by Gasteiger charge is -2.03. The highest BCUT2D eigenvalue weighted by atomic mass is 79.9. The molecule has 0 radical (unpaired) electrons. The summed E-state index contributed by atoms with van der Waals surface area (Å²) in [5, 5.41) is 0. The number of hydrogen-bond acceptors (Lipinski definition) is 0. The van der Waals surface area contributed by atoms with Crippen LogP contribution in [-0.2, 0) is 0 Å². The molecule has 0 heterocycles. The number of hydrogen-bond donors (Lipinski definition) is 0. The Bertz CT molecular complexity index is 172. The van der Waals surface area contributed by atoms with Gasteiger partial charge in [-0.1, -0.05) is 24.6 Å². The first-order chi connectivity index (χ1) is 5.52. The predicted molar refractivity (Wildman–Crippen MR) is 63.8 cm³/mol. The van der Waals surface area contributed by atoms with Crippen LogP contribution in [0.15, 0.2) is 21.1 Å². The molecule has 0 aromatic heterocycles. The average molecular weight is 296 g/mol. The SMILES string of the molecule is CC(C)=CCCC(C)C=C(Br)Br. The Morgan fingerprint density at radius 2 is 1.92 bits per heavy atom. The van der Waals surface area contributed by atoms with Gasteiger partial charge in [0.15, 0.2) is 0 Å². The summed E-state index contributed by atoms with van der Waals surface area (Å²) in [6.07, 6.45) is 6.85. The fourth-order valence-corrected chi connectivity index (χ4v) is 1.84. The van der Waals surface area contributed by atoms with Crippen molar-refractivity contribution in [3.63, 3.8) is 0 Å². The summed E-state index contributed by atoms with van der Waals surface area (Å²) >= 11 is 6.72. The van der Waals surface area contributed by atoms with Crippen molar-refractivity contribution >= 4 is 31.9 Å². The average Bonchev–Trinajstić information content (AvgIpc) is 1.84. The third-order valence-electron chi connectivity index (χ3n) is 1.59. The van der Waals surface area contributed by atoms with E-state index >= 15 is 0 Å². The Morgan fingerprint density at radius 3 is 2.33 bits per heavy atom. The summed E-state index contributed by atoms with van der Waals surface area (Å²) in [6.45, 7) is 6.50. The maximum Gasteiger partial charge on any atom is 0.0567 e. The quantitative estimate of drug-likeness (QED) is 0.640. The maximum atomic E-state index is 3.36. The van der Waals surface area contributed by atoms with Crippen LogP contribution in [0.2, 0.25) is 0 Å². The number of halogens is 2. The normalized spacial score (nSPS) is 12.1. The molecule has 0 aliphatic heterocycles. The molecule has 0 aromatic carbocycles. The van der Waals surface area contributed by atoms with E-state index in [-0.39, 0.29) is 0 Å². The third-order valence-corrected chi connectivity index (χ3v) is 2.11. The molecule has 0 fully saturated rings. The summed E-state index contributed by atoms with van der Waals surface area (Å²) in [5.74, 6) is 0.634. The fourth-order valence-electron chi connectivity index (χ4n) is 0.933. The second kappa shape index (κ2) is 6.90. The minimum absolute atomic E-state index is 0.634. The molecule has 0 N–H and O–H groups in total. The molecule has 0 aliphatic carbocycles. The monoisotopic (exact) mass is 294 g/mol. The van der Waals surface area contributed by atoms with Gasteiger partial charge in [-0.25, -0.2) is 0 Å². The van der Waals surface area contributed by atoms with E-state index in [1.54, 1.807) is 0 Å². The predicted octanol–water partition coefficient (Wildman–Crippen LogP) is 5.00. The number of allylic oxidation sites excluding steroid dienone is 3. The summed E-state index contributed by atoms with van der Waals surface area (Å²) in [6, 6.07) is 0. The van der Waals surface area contributed by atoms with Gasteiger partial charge in [-0.2, -0.15) is 0 Å². The maximum absolute atomic E-state index is 3.36. The topological polar surface area (TPSA) is 0 Å². The molecule has 0 aromatic rings. The molecule has 0 saturated heterocycles. The lowest BCUT2D eigenvalue weighted by molar-refractivity contribution is 0.657. The first kappa shape index (κ1) is 12.4. The van der Waals surface area contributed by atoms with E-state index < -0.39 is 0 Å². The first-order valence-electron chi connectivity index (χ1n) is 4.18. The van der Waals surface area contributed by atoms with Crippen LogP contribution in [0.1, 0.15) is 33.6 Å². The minimum Gasteiger partial charge on any atom is -0.0859 e. The first-order valence-corrected chi connectivity index (χ1v) is 5.77. The Hall–Kier alpha value is 0.440. The van der Waals surface area contributed by atoms with Crippen LogP contribution in [0.3, 0.4) is 0 Å². The molecule has 0 nitrogen and oxygen atoms in total. The van der Waals surface area contributed by atoms with Crippen molar-refractivity contribution < 1.29 is 0 Å². The van der Waals surface area contributed by atoms with E-state index in [0.717, 1.165) is 3.39 Å². The Morgan fingerprint density at radius 1 is 1.33 bits per heavy atom. The smallest absolute Gasteiger partial charge is 0.0567 e. The molecule has 0 bridgehead atoms. The molecule has 0 spiro atoms. The lowest BCUT2D eigenvalue weighted by atomic mass is 10.1. The highest BCUT2D eigenvalue weighted by molar-refractivity contribution is 9.28. The van der Waals surface area contributed by atoms with Crippen LogP contribution in [0.4, 0.5) is 0 Å². The Balaban J connectivity index is 3.65. The second-order valence-corrected chi connectivity index (χ2v) is 6.07. The van der Waals surface area contributed by atoms with Crippen molar-refractivity contribution in [1.82, 2.24) is 0 Å². The van der Waals surface area contributed by atoms with Crippen molar-refractivity contribution in [2.75, 3.05) is 0 Å². The van der Waals surface area contributed by atoms with Crippen LogP contribution >= 0.6 is 31.9 Å². The van der Waals surface area contributed by atoms with E-state index in [9.17, 15) is 0 Å². The third kappa shape index (κ3) is 8.54. The van der Waals surface area contributed by atoms with Gasteiger partial charge in [0.1, 0.15) is 0 Å². The molecule has 70 valence electrons. The molecule has 1 atom stereocenters. The summed E-state index contributed by atoms with van der Waals surface area (Å²) in [7, 11) is 0. The molecule has 0 rings (SSSR count). The number of rotatable bonds is 4. The van der Waals surface area contributed by atoms with Gasteiger partial charge < -0.3 is 0 Å². The molecular formula is C10H16Br2. The van der Waals surface area contributed by atoms with Crippen LogP contribution < -0.4 is 0 Å². The van der Waals surface area contributed by atoms with Crippen LogP contribution in [0.25, 0.3) is 0 Å². The molecule has 0 amide bonds. The molecule has 1 unspecified atom stereocenters. The van der Waals surface area contributed by atoms with Crippen LogP contribution in [0, 0.1) is 5.92 Å². The van der Waals surface area contributed by atoms with Gasteiger partial charge in [0.25, 0.3) is 0 Å². The van der Waals surface area contributed by atoms with E-state index in [4.69, 9.17) is 0 Å². The minimum atomic E-state index is 0.634. The lowest BCUT2D eigenvalue weighted by Crippen LogP contribution is -1.87. The van der Waals surface area contributed by atoms with Crippen molar-refractivity contribution in [2.45, 2.75) is 33.6 Å². The summed E-state index contributed by atoms with van der Waals surface area (Å²) in [4.78, 5) is 0. The van der Waals surface area contributed by atoms with Gasteiger partial charge in [-0.15, -0.1) is 0 Å². The zero-order valence-electron chi connectivity index (χ0n) is 7.90. The zero-order chi connectivity index (χ0) is 9.56. The van der Waals surface area contributed by atoms with Gasteiger partial charge in [0.05, 0.1) is 3.39 Å². The second-order valence-electron chi connectivity index (χ2n) is 3.29. The van der Waals surface area contributed by atoms with Gasteiger partial charge in [0.2, 0.25) is 0 Å². The highest BCUT2D eigenvalue weighted by Gasteiger charge is 1.96. The fraction of sp³-hybridized carbons (Fsp3) is 0.600. The van der Waals surface area contributed by atoms with E-state index in [2.05, 4.69) is 64.8 Å². The van der Waals surface area contributed by atoms with Crippen molar-refractivity contribution in [1.29, 1.82) is 0 Å². The Labute approximate surface area is 92.4 Å². The largest absolute Gasteiger partial charge is 0.0859 e. The van der Waals surface area contributed by atoms with Gasteiger partial charge in [0, 0.05) is 0 Å². The van der Waals surface area contributed by atoms with Crippen LogP contribution in [0.5, 0.6) is 0 Å². The van der Waals surface area contributed by atoms with E-state index in [1.165, 1.54) is 18.4 Å². The molecular weight excluding hydrogens is 280 g/mol. The molecule has 12 heavy (non-hydrogen) atoms. The van der Waals surface area contributed by atoms with E-state index in [1.807, 2.05) is 0 Å². The van der Waals surface area contributed by atoms with E-state index in [0.29, 0.717) is 5.92 Å². The molecule has 0 aliphatic rings. The van der Waals surface area contributed by atoms with Crippen molar-refractivity contribution in [2.24, 2.45) is 5.92 Å². The standard InChI is InChI=1S/C10H16Br2/c1-8(2)5-4-6-9(3)7-10(11)12/h5,7,9H,4,6H2,1-3H3. The molecule has 2 heteroatoms. The van der Waals surface area contributed by atoms with Gasteiger partial charge in [-0.05, 0) is 64.5 Å². The zero-order valence-corrected chi connectivity index (χ0v) is 11.1.